The fourth-order valence-corrected chi connectivity index (χ4v) is 1.27. The normalized spacial score (nSPS) is 11.9. The minimum Gasteiger partial charge on any atom is -0.462 e. The van der Waals surface area contributed by atoms with Crippen LogP contribution in [-0.2, 0) is 14.6 Å². The van der Waals surface area contributed by atoms with E-state index in [0.717, 1.165) is 0 Å². The van der Waals surface area contributed by atoms with Crippen molar-refractivity contribution in [3.8, 4) is 0 Å². The van der Waals surface area contributed by atoms with E-state index in [1.165, 1.54) is 6.92 Å². The smallest absolute Gasteiger partial charge is 0.342 e. The molecule has 1 rings (SSSR count). The third-order valence-corrected chi connectivity index (χ3v) is 1.89. The summed E-state index contributed by atoms with van der Waals surface area (Å²) in [5, 5.41) is 11.3. The lowest BCUT2D eigenvalue weighted by Crippen LogP contribution is -2.08. The lowest BCUT2D eigenvalue weighted by atomic mass is 10.1. The number of carbonyl (C=O) groups is 1. The largest absolute Gasteiger partial charge is 0.462 e. The Bertz CT molecular complexity index is 362. The van der Waals surface area contributed by atoms with E-state index in [9.17, 15) is 9.90 Å². The average molecular weight is 205 g/mol. The predicted molar refractivity (Wildman–Crippen MR) is 56.4 cm³/mol. The number of benzene rings is 1. The van der Waals surface area contributed by atoms with Crippen LogP contribution in [0.5, 0.6) is 0 Å². The molecule has 1 aromatic rings. The van der Waals surface area contributed by atoms with Crippen molar-refractivity contribution in [2.24, 2.45) is 0 Å². The highest BCUT2D eigenvalue weighted by Crippen LogP contribution is 2.19. The van der Waals surface area contributed by atoms with E-state index in [2.05, 4.69) is 0 Å². The molecule has 3 heteroatoms. The van der Waals surface area contributed by atoms with Gasteiger partial charge in [-0.15, -0.1) is 0 Å². The van der Waals surface area contributed by atoms with Crippen LogP contribution < -0.4 is 0 Å². The Labute approximate surface area is 89.0 Å². The van der Waals surface area contributed by atoms with Crippen molar-refractivity contribution in [1.82, 2.24) is 0 Å². The highest BCUT2D eigenvalue weighted by molar-refractivity contribution is 6.16. The van der Waals surface area contributed by atoms with Crippen LogP contribution in [0.4, 0.5) is 0 Å². The molecule has 0 heterocycles. The summed E-state index contributed by atoms with van der Waals surface area (Å²) >= 11 is 0. The Morgan fingerprint density at radius 1 is 1.27 bits per heavy atom. The molecule has 0 unspecified atom stereocenters. The highest BCUT2D eigenvalue weighted by Gasteiger charge is 2.17. The molecule has 0 N–H and O–H groups in total. The van der Waals surface area contributed by atoms with Crippen LogP contribution in [0, 0.1) is 0 Å². The highest BCUT2D eigenvalue weighted by atomic mass is 16.5. The van der Waals surface area contributed by atoms with Crippen molar-refractivity contribution in [1.29, 1.82) is 0 Å². The second-order valence-electron chi connectivity index (χ2n) is 3.02. The van der Waals surface area contributed by atoms with Gasteiger partial charge in [0.1, 0.15) is 5.57 Å². The molecule has 0 atom stereocenters. The van der Waals surface area contributed by atoms with Gasteiger partial charge in [0.15, 0.2) is 5.76 Å². The van der Waals surface area contributed by atoms with Gasteiger partial charge in [-0.2, -0.15) is 0 Å². The van der Waals surface area contributed by atoms with Crippen LogP contribution in [0.2, 0.25) is 0 Å². The molecule has 15 heavy (non-hydrogen) atoms. The van der Waals surface area contributed by atoms with E-state index in [4.69, 9.17) is 4.74 Å². The van der Waals surface area contributed by atoms with E-state index < -0.39 is 5.97 Å². The Morgan fingerprint density at radius 2 is 1.87 bits per heavy atom. The summed E-state index contributed by atoms with van der Waals surface area (Å²) in [5.41, 5.74) is 0.709. The minimum absolute atomic E-state index is 0.109. The zero-order valence-corrected chi connectivity index (χ0v) is 8.82. The number of allylic oxidation sites excluding steroid dienone is 1. The van der Waals surface area contributed by atoms with Crippen LogP contribution in [0.25, 0.3) is 5.57 Å². The number of rotatable bonds is 3. The summed E-state index contributed by atoms with van der Waals surface area (Å²) in [5.74, 6) is -0.837. The number of hydrogen-bond acceptors (Lipinski definition) is 2. The first-order valence-corrected chi connectivity index (χ1v) is 4.77. The Hall–Kier alpha value is -1.77. The number of hydrogen-bond donors (Lipinski definition) is 0. The molecular weight excluding hydrogens is 192 g/mol. The van der Waals surface area contributed by atoms with Crippen LogP contribution >= 0.6 is 0 Å². The van der Waals surface area contributed by atoms with Crippen LogP contribution in [0.1, 0.15) is 19.4 Å². The van der Waals surface area contributed by atoms with Gasteiger partial charge in [0.25, 0.3) is 0 Å². The van der Waals surface area contributed by atoms with Gasteiger partial charge in [-0.25, -0.2) is 4.79 Å². The minimum atomic E-state index is -0.559. The Kier molecular flexibility index (Phi) is 3.92. The SMILES string of the molecule is CCOC(=O)C(=C(C)[O])c1ccccc1. The fourth-order valence-electron chi connectivity index (χ4n) is 1.27. The molecule has 0 aromatic heterocycles. The summed E-state index contributed by atoms with van der Waals surface area (Å²) in [6.45, 7) is 3.34. The Balaban J connectivity index is 3.06. The summed E-state index contributed by atoms with van der Waals surface area (Å²) < 4.78 is 4.82. The summed E-state index contributed by atoms with van der Waals surface area (Å²) in [7, 11) is 0. The zero-order chi connectivity index (χ0) is 11.3. The van der Waals surface area contributed by atoms with Crippen LogP contribution in [-0.4, -0.2) is 12.6 Å². The topological polar surface area (TPSA) is 46.2 Å². The van der Waals surface area contributed by atoms with Gasteiger partial charge >= 0.3 is 5.97 Å². The lowest BCUT2D eigenvalue weighted by Gasteiger charge is -2.06. The van der Waals surface area contributed by atoms with Gasteiger partial charge in [0.05, 0.1) is 6.61 Å². The van der Waals surface area contributed by atoms with Gasteiger partial charge in [0, 0.05) is 0 Å². The molecule has 0 aliphatic carbocycles. The van der Waals surface area contributed by atoms with E-state index in [1.807, 2.05) is 6.07 Å². The molecule has 1 radical (unpaired) electrons. The van der Waals surface area contributed by atoms with Gasteiger partial charge in [0.2, 0.25) is 0 Å². The monoisotopic (exact) mass is 205 g/mol. The van der Waals surface area contributed by atoms with Crippen molar-refractivity contribution in [3.05, 3.63) is 41.7 Å². The molecule has 79 valence electrons. The van der Waals surface area contributed by atoms with Crippen molar-refractivity contribution >= 4 is 11.5 Å². The predicted octanol–water partition coefficient (Wildman–Crippen LogP) is 2.41. The third kappa shape index (κ3) is 2.84. The van der Waals surface area contributed by atoms with Crippen molar-refractivity contribution in [2.45, 2.75) is 13.8 Å². The van der Waals surface area contributed by atoms with E-state index in [1.54, 1.807) is 31.2 Å². The molecule has 0 aliphatic rings. The van der Waals surface area contributed by atoms with E-state index >= 15 is 0 Å². The quantitative estimate of drug-likeness (QED) is 0.432. The number of ether oxygens (including phenoxy) is 1. The summed E-state index contributed by atoms with van der Waals surface area (Å²) in [6, 6.07) is 8.81. The van der Waals surface area contributed by atoms with Crippen LogP contribution in [0.15, 0.2) is 36.1 Å². The van der Waals surface area contributed by atoms with Gasteiger partial charge in [-0.1, -0.05) is 30.3 Å². The molecular formula is C12H13O3. The molecule has 0 bridgehead atoms. The standard InChI is InChI=1S/C12H13O3/c1-3-15-12(14)11(9(2)13)10-7-5-4-6-8-10/h4-8H,3H2,1-2H3. The molecule has 0 aliphatic heterocycles. The summed E-state index contributed by atoms with van der Waals surface area (Å²) in [4.78, 5) is 11.5. The number of esters is 1. The van der Waals surface area contributed by atoms with Crippen molar-refractivity contribution in [2.75, 3.05) is 6.61 Å². The first kappa shape index (κ1) is 11.3. The lowest BCUT2D eigenvalue weighted by molar-refractivity contribution is -0.136. The van der Waals surface area contributed by atoms with E-state index in [0.29, 0.717) is 5.56 Å². The van der Waals surface area contributed by atoms with Gasteiger partial charge in [-0.05, 0) is 19.4 Å². The average Bonchev–Trinajstić information content (AvgIpc) is 2.19. The first-order chi connectivity index (χ1) is 7.16. The van der Waals surface area contributed by atoms with Crippen molar-refractivity contribution in [3.63, 3.8) is 0 Å². The van der Waals surface area contributed by atoms with E-state index in [-0.39, 0.29) is 17.9 Å². The second-order valence-corrected chi connectivity index (χ2v) is 3.02. The molecule has 0 fully saturated rings. The fraction of sp³-hybridized carbons (Fsp3) is 0.250. The van der Waals surface area contributed by atoms with Crippen LogP contribution in [0.3, 0.4) is 0 Å². The maximum atomic E-state index is 11.5. The molecule has 0 saturated heterocycles. The second kappa shape index (κ2) is 5.20. The van der Waals surface area contributed by atoms with Gasteiger partial charge < -0.3 is 4.74 Å². The molecule has 0 amide bonds. The third-order valence-electron chi connectivity index (χ3n) is 1.89. The summed E-state index contributed by atoms with van der Waals surface area (Å²) in [6.07, 6.45) is 0. The molecule has 0 saturated carbocycles. The maximum absolute atomic E-state index is 11.5. The van der Waals surface area contributed by atoms with Crippen molar-refractivity contribution < 1.29 is 14.6 Å². The first-order valence-electron chi connectivity index (χ1n) is 4.77. The molecule has 0 spiro atoms. The zero-order valence-electron chi connectivity index (χ0n) is 8.82. The Morgan fingerprint density at radius 3 is 2.33 bits per heavy atom. The molecule has 3 nitrogen and oxygen atoms in total. The number of carbonyl (C=O) groups excluding carboxylic acids is 1. The molecule has 1 aromatic carbocycles. The maximum Gasteiger partial charge on any atom is 0.342 e. The van der Waals surface area contributed by atoms with Gasteiger partial charge in [-0.3, -0.25) is 5.11 Å².